The topological polar surface area (TPSA) is 86.5 Å². The summed E-state index contributed by atoms with van der Waals surface area (Å²) in [5.74, 6) is 1.56. The number of fused-ring (bicyclic) bond motifs is 1. The third-order valence-electron chi connectivity index (χ3n) is 3.35. The first-order valence-electron chi connectivity index (χ1n) is 7.06. The number of nitrogens with two attached hydrogens (primary N) is 1. The molecule has 0 saturated heterocycles. The second-order valence-corrected chi connectivity index (χ2v) is 5.85. The van der Waals surface area contributed by atoms with Gasteiger partial charge in [-0.1, -0.05) is 6.07 Å². The molecule has 1 aliphatic rings. The molecule has 0 saturated carbocycles. The Morgan fingerprint density at radius 1 is 1.32 bits per heavy atom. The summed E-state index contributed by atoms with van der Waals surface area (Å²) in [4.78, 5) is 15.9. The number of nitrogen functional groups attached to an aromatic ring is 1. The zero-order valence-corrected chi connectivity index (χ0v) is 12.8. The lowest BCUT2D eigenvalue weighted by molar-refractivity contribution is -0.121. The molecule has 0 spiro atoms. The molecule has 1 aliphatic heterocycles. The standard InChI is InChI=1S/C15H17N3O3S/c16-15-18-11(8-22-15)2-4-14(19)17-6-5-10-1-3-12-13(7-10)21-9-20-12/h1,3,7-8H,2,4-6,9H2,(H2,16,18)(H,17,19). The van der Waals surface area contributed by atoms with Crippen molar-refractivity contribution in [2.24, 2.45) is 0 Å². The lowest BCUT2D eigenvalue weighted by atomic mass is 10.1. The van der Waals surface area contributed by atoms with E-state index in [2.05, 4.69) is 10.3 Å². The van der Waals surface area contributed by atoms with Crippen LogP contribution in [0.1, 0.15) is 17.7 Å². The molecule has 2 aromatic rings. The number of amides is 1. The van der Waals surface area contributed by atoms with Gasteiger partial charge >= 0.3 is 0 Å². The summed E-state index contributed by atoms with van der Waals surface area (Å²) in [6.07, 6.45) is 1.79. The Hall–Kier alpha value is -2.28. The summed E-state index contributed by atoms with van der Waals surface area (Å²) >= 11 is 1.39. The number of benzene rings is 1. The third-order valence-corrected chi connectivity index (χ3v) is 4.07. The van der Waals surface area contributed by atoms with Gasteiger partial charge in [0.2, 0.25) is 12.7 Å². The molecule has 0 aliphatic carbocycles. The third kappa shape index (κ3) is 3.67. The second kappa shape index (κ2) is 6.65. The average molecular weight is 319 g/mol. The van der Waals surface area contributed by atoms with E-state index in [0.29, 0.717) is 24.5 Å². The maximum absolute atomic E-state index is 11.8. The average Bonchev–Trinajstić information content (AvgIpc) is 3.13. The van der Waals surface area contributed by atoms with Crippen molar-refractivity contribution in [3.05, 3.63) is 34.8 Å². The van der Waals surface area contributed by atoms with Gasteiger partial charge in [0.05, 0.1) is 5.69 Å². The lowest BCUT2D eigenvalue weighted by Crippen LogP contribution is -2.25. The summed E-state index contributed by atoms with van der Waals surface area (Å²) in [5.41, 5.74) is 7.53. The van der Waals surface area contributed by atoms with E-state index in [1.54, 1.807) is 0 Å². The van der Waals surface area contributed by atoms with Crippen molar-refractivity contribution < 1.29 is 14.3 Å². The number of rotatable bonds is 6. The number of hydrogen-bond acceptors (Lipinski definition) is 6. The van der Waals surface area contributed by atoms with E-state index in [1.165, 1.54) is 11.3 Å². The maximum atomic E-state index is 11.8. The van der Waals surface area contributed by atoms with Crippen molar-refractivity contribution in [1.29, 1.82) is 0 Å². The molecule has 0 unspecified atom stereocenters. The number of aromatic nitrogens is 1. The first-order valence-corrected chi connectivity index (χ1v) is 7.94. The van der Waals surface area contributed by atoms with Crippen LogP contribution in [0.4, 0.5) is 5.13 Å². The fourth-order valence-electron chi connectivity index (χ4n) is 2.21. The van der Waals surface area contributed by atoms with Gasteiger partial charge in [-0.05, 0) is 30.5 Å². The maximum Gasteiger partial charge on any atom is 0.231 e. The lowest BCUT2D eigenvalue weighted by Gasteiger charge is -2.05. The molecule has 0 radical (unpaired) electrons. The summed E-state index contributed by atoms with van der Waals surface area (Å²) in [6, 6.07) is 5.83. The fourth-order valence-corrected chi connectivity index (χ4v) is 2.81. The summed E-state index contributed by atoms with van der Waals surface area (Å²) in [5, 5.41) is 5.33. The van der Waals surface area contributed by atoms with E-state index in [0.717, 1.165) is 29.2 Å². The van der Waals surface area contributed by atoms with Crippen molar-refractivity contribution in [3.63, 3.8) is 0 Å². The van der Waals surface area contributed by atoms with E-state index in [9.17, 15) is 4.79 Å². The molecule has 6 nitrogen and oxygen atoms in total. The van der Waals surface area contributed by atoms with Crippen LogP contribution in [-0.4, -0.2) is 24.2 Å². The number of hydrogen-bond donors (Lipinski definition) is 2. The van der Waals surface area contributed by atoms with E-state index in [1.807, 2.05) is 23.6 Å². The Morgan fingerprint density at radius 2 is 2.18 bits per heavy atom. The summed E-state index contributed by atoms with van der Waals surface area (Å²) in [6.45, 7) is 0.869. The van der Waals surface area contributed by atoms with Crippen LogP contribution in [-0.2, 0) is 17.6 Å². The Morgan fingerprint density at radius 3 is 3.00 bits per heavy atom. The number of thiazole rings is 1. The second-order valence-electron chi connectivity index (χ2n) is 4.96. The molecule has 0 atom stereocenters. The van der Waals surface area contributed by atoms with Gasteiger partial charge < -0.3 is 20.5 Å². The van der Waals surface area contributed by atoms with Crippen LogP contribution in [0.5, 0.6) is 11.5 Å². The molecule has 1 aromatic heterocycles. The molecular formula is C15H17N3O3S. The largest absolute Gasteiger partial charge is 0.454 e. The van der Waals surface area contributed by atoms with Gasteiger partial charge in [-0.25, -0.2) is 4.98 Å². The van der Waals surface area contributed by atoms with Gasteiger partial charge in [-0.15, -0.1) is 11.3 Å². The van der Waals surface area contributed by atoms with Crippen molar-refractivity contribution in [2.75, 3.05) is 19.1 Å². The normalized spacial score (nSPS) is 12.4. The number of carbonyl (C=O) groups excluding carboxylic acids is 1. The SMILES string of the molecule is Nc1nc(CCC(=O)NCCc2ccc3c(c2)OCO3)cs1. The van der Waals surface area contributed by atoms with Crippen LogP contribution in [0.3, 0.4) is 0 Å². The quantitative estimate of drug-likeness (QED) is 0.847. The Balaban J connectivity index is 1.40. The smallest absolute Gasteiger partial charge is 0.231 e. The van der Waals surface area contributed by atoms with Crippen LogP contribution in [0.15, 0.2) is 23.6 Å². The predicted molar refractivity (Wildman–Crippen MR) is 84.1 cm³/mol. The molecule has 2 heterocycles. The minimum absolute atomic E-state index is 0.0207. The van der Waals surface area contributed by atoms with Gasteiger partial charge in [0.25, 0.3) is 0 Å². The van der Waals surface area contributed by atoms with Crippen LogP contribution < -0.4 is 20.5 Å². The number of carbonyl (C=O) groups is 1. The number of ether oxygens (including phenoxy) is 2. The number of anilines is 1. The molecule has 0 fully saturated rings. The van der Waals surface area contributed by atoms with E-state index < -0.39 is 0 Å². The monoisotopic (exact) mass is 319 g/mol. The minimum atomic E-state index is 0.0207. The summed E-state index contributed by atoms with van der Waals surface area (Å²) in [7, 11) is 0. The van der Waals surface area contributed by atoms with Gasteiger partial charge in [-0.3, -0.25) is 4.79 Å². The highest BCUT2D eigenvalue weighted by Crippen LogP contribution is 2.32. The van der Waals surface area contributed by atoms with Crippen LogP contribution in [0.2, 0.25) is 0 Å². The number of aryl methyl sites for hydroxylation is 1. The zero-order chi connectivity index (χ0) is 15.4. The van der Waals surface area contributed by atoms with Gasteiger partial charge in [0, 0.05) is 18.3 Å². The summed E-state index contributed by atoms with van der Waals surface area (Å²) < 4.78 is 10.6. The van der Waals surface area contributed by atoms with Crippen molar-refractivity contribution in [2.45, 2.75) is 19.3 Å². The van der Waals surface area contributed by atoms with E-state index in [4.69, 9.17) is 15.2 Å². The van der Waals surface area contributed by atoms with Gasteiger partial charge in [0.15, 0.2) is 16.6 Å². The highest BCUT2D eigenvalue weighted by Gasteiger charge is 2.13. The molecule has 7 heteroatoms. The molecule has 1 aromatic carbocycles. The number of nitrogens with zero attached hydrogens (tertiary/aromatic N) is 1. The first-order chi connectivity index (χ1) is 10.7. The molecule has 3 N–H and O–H groups in total. The van der Waals surface area contributed by atoms with Crippen molar-refractivity contribution in [1.82, 2.24) is 10.3 Å². The molecule has 116 valence electrons. The fraction of sp³-hybridized carbons (Fsp3) is 0.333. The Kier molecular flexibility index (Phi) is 4.43. The van der Waals surface area contributed by atoms with Crippen molar-refractivity contribution in [3.8, 4) is 11.5 Å². The van der Waals surface area contributed by atoms with E-state index in [-0.39, 0.29) is 12.7 Å². The number of nitrogens with one attached hydrogen (secondary N) is 1. The molecule has 0 bridgehead atoms. The Bertz CT molecular complexity index is 672. The molecule has 3 rings (SSSR count). The highest BCUT2D eigenvalue weighted by atomic mass is 32.1. The van der Waals surface area contributed by atoms with Gasteiger partial charge in [0.1, 0.15) is 0 Å². The van der Waals surface area contributed by atoms with E-state index >= 15 is 0 Å². The Labute approximate surface area is 132 Å². The minimum Gasteiger partial charge on any atom is -0.454 e. The molecular weight excluding hydrogens is 302 g/mol. The highest BCUT2D eigenvalue weighted by molar-refractivity contribution is 7.13. The zero-order valence-electron chi connectivity index (χ0n) is 12.0. The van der Waals surface area contributed by atoms with Crippen molar-refractivity contribution >= 4 is 22.4 Å². The van der Waals surface area contributed by atoms with Gasteiger partial charge in [-0.2, -0.15) is 0 Å². The molecule has 22 heavy (non-hydrogen) atoms. The van der Waals surface area contributed by atoms with Crippen LogP contribution >= 0.6 is 11.3 Å². The molecule has 1 amide bonds. The van der Waals surface area contributed by atoms with Crippen LogP contribution in [0, 0.1) is 0 Å². The first kappa shape index (κ1) is 14.6. The predicted octanol–water partition coefficient (Wildman–Crippen LogP) is 1.75. The van der Waals surface area contributed by atoms with Crippen LogP contribution in [0.25, 0.3) is 0 Å².